The fourth-order valence-corrected chi connectivity index (χ4v) is 1.56. The van der Waals surface area contributed by atoms with Crippen molar-refractivity contribution in [2.24, 2.45) is 11.8 Å². The summed E-state index contributed by atoms with van der Waals surface area (Å²) in [4.78, 5) is 11.7. The summed E-state index contributed by atoms with van der Waals surface area (Å²) in [5, 5.41) is 6.11. The number of carbonyl (C=O) groups is 1. The van der Waals surface area contributed by atoms with Gasteiger partial charge in [0.05, 0.1) is 6.54 Å². The van der Waals surface area contributed by atoms with E-state index < -0.39 is 0 Å². The zero-order chi connectivity index (χ0) is 13.5. The molecule has 3 heteroatoms. The Morgan fingerprint density at radius 2 is 1.89 bits per heavy atom. The third kappa shape index (κ3) is 4.88. The number of rotatable bonds is 6. The minimum absolute atomic E-state index is 0.0141. The van der Waals surface area contributed by atoms with Gasteiger partial charge in [0.1, 0.15) is 0 Å². The SMILES string of the molecule is Cc1ccccc1NC(=O)CNCC(C)C(C)C. The van der Waals surface area contributed by atoms with Gasteiger partial charge in [-0.25, -0.2) is 0 Å². The number of hydrogen-bond acceptors (Lipinski definition) is 2. The molecule has 0 aliphatic heterocycles. The van der Waals surface area contributed by atoms with E-state index in [9.17, 15) is 4.79 Å². The molecule has 1 amide bonds. The Kier molecular flexibility index (Phi) is 5.86. The van der Waals surface area contributed by atoms with E-state index >= 15 is 0 Å². The van der Waals surface area contributed by atoms with Crippen LogP contribution in [-0.2, 0) is 4.79 Å². The molecular weight excluding hydrogens is 224 g/mol. The zero-order valence-electron chi connectivity index (χ0n) is 11.8. The van der Waals surface area contributed by atoms with Crippen LogP contribution < -0.4 is 10.6 Å². The first-order valence-corrected chi connectivity index (χ1v) is 6.57. The van der Waals surface area contributed by atoms with E-state index in [4.69, 9.17) is 0 Å². The molecule has 2 N–H and O–H groups in total. The first-order chi connectivity index (χ1) is 8.50. The van der Waals surface area contributed by atoms with Crippen molar-refractivity contribution in [3.8, 4) is 0 Å². The first kappa shape index (κ1) is 14.7. The largest absolute Gasteiger partial charge is 0.325 e. The van der Waals surface area contributed by atoms with Crippen LogP contribution in [0.2, 0.25) is 0 Å². The van der Waals surface area contributed by atoms with Gasteiger partial charge in [-0.3, -0.25) is 4.79 Å². The lowest BCUT2D eigenvalue weighted by atomic mass is 9.98. The highest BCUT2D eigenvalue weighted by Gasteiger charge is 2.08. The van der Waals surface area contributed by atoms with Crippen LogP contribution in [0, 0.1) is 18.8 Å². The molecule has 0 heterocycles. The summed E-state index contributed by atoms with van der Waals surface area (Å²) in [6, 6.07) is 7.80. The van der Waals surface area contributed by atoms with Gasteiger partial charge in [-0.15, -0.1) is 0 Å². The molecule has 0 saturated heterocycles. The van der Waals surface area contributed by atoms with E-state index in [-0.39, 0.29) is 5.91 Å². The molecule has 0 fully saturated rings. The second-order valence-electron chi connectivity index (χ2n) is 5.22. The van der Waals surface area contributed by atoms with Gasteiger partial charge in [0.15, 0.2) is 0 Å². The van der Waals surface area contributed by atoms with Gasteiger partial charge in [-0.1, -0.05) is 39.0 Å². The summed E-state index contributed by atoms with van der Waals surface area (Å²) in [7, 11) is 0. The Labute approximate surface area is 110 Å². The van der Waals surface area contributed by atoms with Gasteiger partial charge in [0.2, 0.25) is 5.91 Å². The third-order valence-electron chi connectivity index (χ3n) is 3.31. The molecular formula is C15H24N2O. The maximum absolute atomic E-state index is 11.7. The monoisotopic (exact) mass is 248 g/mol. The summed E-state index contributed by atoms with van der Waals surface area (Å²) in [5.41, 5.74) is 1.97. The lowest BCUT2D eigenvalue weighted by molar-refractivity contribution is -0.115. The molecule has 1 rings (SSSR count). The topological polar surface area (TPSA) is 41.1 Å². The third-order valence-corrected chi connectivity index (χ3v) is 3.31. The highest BCUT2D eigenvalue weighted by atomic mass is 16.1. The van der Waals surface area contributed by atoms with Crippen molar-refractivity contribution in [1.82, 2.24) is 5.32 Å². The molecule has 3 nitrogen and oxygen atoms in total. The average Bonchev–Trinajstić information content (AvgIpc) is 2.32. The van der Waals surface area contributed by atoms with Crippen LogP contribution in [0.4, 0.5) is 5.69 Å². The highest BCUT2D eigenvalue weighted by molar-refractivity contribution is 5.92. The molecule has 1 atom stereocenters. The Hall–Kier alpha value is -1.35. The number of anilines is 1. The molecule has 1 aromatic rings. The van der Waals surface area contributed by atoms with Gasteiger partial charge < -0.3 is 10.6 Å². The Balaban J connectivity index is 2.33. The Morgan fingerprint density at radius 3 is 2.50 bits per heavy atom. The van der Waals surface area contributed by atoms with E-state index in [1.54, 1.807) is 0 Å². The molecule has 0 aliphatic carbocycles. The smallest absolute Gasteiger partial charge is 0.238 e. The summed E-state index contributed by atoms with van der Waals surface area (Å²) >= 11 is 0. The van der Waals surface area contributed by atoms with Crippen molar-refractivity contribution < 1.29 is 4.79 Å². The van der Waals surface area contributed by atoms with Gasteiger partial charge in [0.25, 0.3) is 0 Å². The minimum atomic E-state index is 0.0141. The number of carbonyl (C=O) groups excluding carboxylic acids is 1. The predicted molar refractivity (Wildman–Crippen MR) is 76.7 cm³/mol. The van der Waals surface area contributed by atoms with E-state index in [0.29, 0.717) is 18.4 Å². The van der Waals surface area contributed by atoms with Crippen molar-refractivity contribution in [2.75, 3.05) is 18.4 Å². The van der Waals surface area contributed by atoms with Crippen LogP contribution in [-0.4, -0.2) is 19.0 Å². The lowest BCUT2D eigenvalue weighted by Crippen LogP contribution is -2.32. The minimum Gasteiger partial charge on any atom is -0.325 e. The maximum Gasteiger partial charge on any atom is 0.238 e. The molecule has 0 aliphatic rings. The summed E-state index contributed by atoms with van der Waals surface area (Å²) in [6.07, 6.45) is 0. The van der Waals surface area contributed by atoms with Crippen LogP contribution in [0.15, 0.2) is 24.3 Å². The van der Waals surface area contributed by atoms with Gasteiger partial charge in [-0.2, -0.15) is 0 Å². The second kappa shape index (κ2) is 7.17. The number of amides is 1. The van der Waals surface area contributed by atoms with Gasteiger partial charge >= 0.3 is 0 Å². The molecule has 1 unspecified atom stereocenters. The van der Waals surface area contributed by atoms with Crippen molar-refractivity contribution in [2.45, 2.75) is 27.7 Å². The molecule has 0 radical (unpaired) electrons. The quantitative estimate of drug-likeness (QED) is 0.813. The summed E-state index contributed by atoms with van der Waals surface area (Å²) < 4.78 is 0. The van der Waals surface area contributed by atoms with Crippen molar-refractivity contribution in [1.29, 1.82) is 0 Å². The lowest BCUT2D eigenvalue weighted by Gasteiger charge is -2.16. The van der Waals surface area contributed by atoms with E-state index in [1.165, 1.54) is 0 Å². The summed E-state index contributed by atoms with van der Waals surface area (Å²) in [6.45, 7) is 9.81. The predicted octanol–water partition coefficient (Wildman–Crippen LogP) is 2.82. The molecule has 0 saturated carbocycles. The molecule has 0 spiro atoms. The van der Waals surface area contributed by atoms with Crippen LogP contribution >= 0.6 is 0 Å². The van der Waals surface area contributed by atoms with Crippen LogP contribution in [0.25, 0.3) is 0 Å². The average molecular weight is 248 g/mol. The zero-order valence-corrected chi connectivity index (χ0v) is 11.8. The van der Waals surface area contributed by atoms with E-state index in [2.05, 4.69) is 31.4 Å². The highest BCUT2D eigenvalue weighted by Crippen LogP contribution is 2.12. The van der Waals surface area contributed by atoms with Crippen molar-refractivity contribution in [3.05, 3.63) is 29.8 Å². The standard InChI is InChI=1S/C15H24N2O/c1-11(2)13(4)9-16-10-15(18)17-14-8-6-5-7-12(14)3/h5-8,11,13,16H,9-10H2,1-4H3,(H,17,18). The number of hydrogen-bond donors (Lipinski definition) is 2. The van der Waals surface area contributed by atoms with E-state index in [1.807, 2.05) is 31.2 Å². The molecule has 1 aromatic carbocycles. The second-order valence-corrected chi connectivity index (χ2v) is 5.22. The van der Waals surface area contributed by atoms with Crippen LogP contribution in [0.1, 0.15) is 26.3 Å². The van der Waals surface area contributed by atoms with E-state index in [0.717, 1.165) is 17.8 Å². The summed E-state index contributed by atoms with van der Waals surface area (Å²) in [5.74, 6) is 1.23. The number of benzene rings is 1. The fourth-order valence-electron chi connectivity index (χ4n) is 1.56. The molecule has 18 heavy (non-hydrogen) atoms. The number of nitrogens with one attached hydrogen (secondary N) is 2. The maximum atomic E-state index is 11.7. The normalized spacial score (nSPS) is 12.5. The number of aryl methyl sites for hydroxylation is 1. The molecule has 100 valence electrons. The van der Waals surface area contributed by atoms with Crippen molar-refractivity contribution in [3.63, 3.8) is 0 Å². The Morgan fingerprint density at radius 1 is 1.22 bits per heavy atom. The first-order valence-electron chi connectivity index (χ1n) is 6.57. The Bertz CT molecular complexity index is 388. The molecule has 0 bridgehead atoms. The molecule has 0 aromatic heterocycles. The fraction of sp³-hybridized carbons (Fsp3) is 0.533. The van der Waals surface area contributed by atoms with Crippen LogP contribution in [0.5, 0.6) is 0 Å². The van der Waals surface area contributed by atoms with Crippen LogP contribution in [0.3, 0.4) is 0 Å². The van der Waals surface area contributed by atoms with Gasteiger partial charge in [-0.05, 0) is 36.9 Å². The number of para-hydroxylation sites is 1. The van der Waals surface area contributed by atoms with Gasteiger partial charge in [0, 0.05) is 5.69 Å². The van der Waals surface area contributed by atoms with Crippen molar-refractivity contribution >= 4 is 11.6 Å².